The van der Waals surface area contributed by atoms with Crippen molar-refractivity contribution in [3.63, 3.8) is 0 Å². The Hall–Kier alpha value is -0.190. The minimum atomic E-state index is -4.53. The van der Waals surface area contributed by atoms with E-state index < -0.39 is 11.2 Å². The molecule has 15 heavy (non-hydrogen) atoms. The molecule has 0 aliphatic rings. The Balaban J connectivity index is 3.09. The predicted octanol–water partition coefficient (Wildman–Crippen LogP) is 5.24. The topological polar surface area (TPSA) is 0 Å². The minimum Gasteiger partial charge on any atom is -0.165 e. The Morgan fingerprint density at radius 3 is 2.40 bits per heavy atom. The maximum Gasteiger partial charge on any atom is 0.426 e. The van der Waals surface area contributed by atoms with Crippen LogP contribution in [0.15, 0.2) is 27.7 Å². The number of hydrogen-bond donors (Lipinski definition) is 0. The molecule has 0 bridgehead atoms. The van der Waals surface area contributed by atoms with Crippen molar-refractivity contribution < 1.29 is 13.2 Å². The summed E-state index contributed by atoms with van der Waals surface area (Å²) < 4.78 is 36.8. The highest BCUT2D eigenvalue weighted by atomic mass is 79.9. The zero-order chi connectivity index (χ0) is 11.6. The van der Waals surface area contributed by atoms with E-state index in [0.717, 1.165) is 6.08 Å². The van der Waals surface area contributed by atoms with Gasteiger partial charge >= 0.3 is 6.18 Å². The van der Waals surface area contributed by atoms with Crippen molar-refractivity contribution in [2.45, 2.75) is 6.18 Å². The fraction of sp³-hybridized carbons (Fsp3) is 0.111. The van der Waals surface area contributed by atoms with E-state index in [0.29, 0.717) is 15.1 Å². The summed E-state index contributed by atoms with van der Waals surface area (Å²) in [5, 5.41) is -0.743. The molecular weight excluding hydrogens is 316 g/mol. The lowest BCUT2D eigenvalue weighted by Crippen LogP contribution is -2.06. The Kier molecular flexibility index (Phi) is 4.09. The van der Waals surface area contributed by atoms with Crippen LogP contribution in [-0.4, -0.2) is 6.18 Å². The molecule has 0 saturated heterocycles. The van der Waals surface area contributed by atoms with E-state index in [-0.39, 0.29) is 0 Å². The predicted molar refractivity (Wildman–Crippen MR) is 59.0 cm³/mol. The molecule has 6 heteroatoms. The van der Waals surface area contributed by atoms with E-state index in [2.05, 4.69) is 15.9 Å². The average Bonchev–Trinajstić information content (AvgIpc) is 2.08. The summed E-state index contributed by atoms with van der Waals surface area (Å²) in [5.41, 5.74) is 0.321. The van der Waals surface area contributed by atoms with E-state index in [1.165, 1.54) is 18.2 Å². The molecule has 82 valence electrons. The molecule has 0 N–H and O–H groups in total. The molecule has 1 aromatic carbocycles. The van der Waals surface area contributed by atoms with Gasteiger partial charge in [0, 0.05) is 9.50 Å². The van der Waals surface area contributed by atoms with Crippen molar-refractivity contribution in [2.75, 3.05) is 0 Å². The van der Waals surface area contributed by atoms with Gasteiger partial charge in [-0.05, 0) is 23.8 Å². The zero-order valence-electron chi connectivity index (χ0n) is 7.08. The third-order valence-corrected chi connectivity index (χ3v) is 2.76. The first-order valence-electron chi connectivity index (χ1n) is 3.70. The SMILES string of the molecule is FC(F)(F)C(Cl)=Cc1ccc(Cl)cc1Br. The van der Waals surface area contributed by atoms with Crippen molar-refractivity contribution in [1.29, 1.82) is 0 Å². The fourth-order valence-electron chi connectivity index (χ4n) is 0.837. The van der Waals surface area contributed by atoms with Gasteiger partial charge in [-0.2, -0.15) is 13.2 Å². The number of allylic oxidation sites excluding steroid dienone is 1. The van der Waals surface area contributed by atoms with Crippen molar-refractivity contribution in [3.8, 4) is 0 Å². The molecule has 0 fully saturated rings. The van der Waals surface area contributed by atoms with Gasteiger partial charge in [-0.25, -0.2) is 0 Å². The van der Waals surface area contributed by atoms with Gasteiger partial charge in [0.1, 0.15) is 5.03 Å². The molecule has 0 unspecified atom stereocenters. The Morgan fingerprint density at radius 1 is 1.33 bits per heavy atom. The summed E-state index contributed by atoms with van der Waals surface area (Å²) in [7, 11) is 0. The molecule has 0 saturated carbocycles. The fourth-order valence-corrected chi connectivity index (χ4v) is 1.75. The van der Waals surface area contributed by atoms with Gasteiger partial charge < -0.3 is 0 Å². The third-order valence-electron chi connectivity index (χ3n) is 1.52. The van der Waals surface area contributed by atoms with Crippen LogP contribution in [0.4, 0.5) is 13.2 Å². The maximum absolute atomic E-state index is 12.1. The van der Waals surface area contributed by atoms with E-state index >= 15 is 0 Å². The smallest absolute Gasteiger partial charge is 0.165 e. The molecule has 1 aromatic rings. The highest BCUT2D eigenvalue weighted by Gasteiger charge is 2.32. The quantitative estimate of drug-likeness (QED) is 0.663. The van der Waals surface area contributed by atoms with E-state index in [9.17, 15) is 13.2 Å². The van der Waals surface area contributed by atoms with Gasteiger partial charge in [0.25, 0.3) is 0 Å². The molecular formula is C9H4BrCl2F3. The Bertz CT molecular complexity index is 399. The average molecular weight is 320 g/mol. The lowest BCUT2D eigenvalue weighted by Gasteiger charge is -2.05. The maximum atomic E-state index is 12.1. The van der Waals surface area contributed by atoms with Gasteiger partial charge in [0.05, 0.1) is 0 Å². The van der Waals surface area contributed by atoms with Gasteiger partial charge in [-0.1, -0.05) is 45.2 Å². The van der Waals surface area contributed by atoms with Crippen LogP contribution in [0.5, 0.6) is 0 Å². The monoisotopic (exact) mass is 318 g/mol. The van der Waals surface area contributed by atoms with Crippen molar-refractivity contribution in [1.82, 2.24) is 0 Å². The molecule has 0 aromatic heterocycles. The van der Waals surface area contributed by atoms with Gasteiger partial charge in [-0.15, -0.1) is 0 Å². The molecule has 1 rings (SSSR count). The second kappa shape index (κ2) is 4.76. The molecule has 0 spiro atoms. The molecule has 0 atom stereocenters. The highest BCUT2D eigenvalue weighted by Crippen LogP contribution is 2.32. The summed E-state index contributed by atoms with van der Waals surface area (Å²) in [6, 6.07) is 4.42. The van der Waals surface area contributed by atoms with Crippen LogP contribution in [0.3, 0.4) is 0 Å². The van der Waals surface area contributed by atoms with Gasteiger partial charge in [-0.3, -0.25) is 0 Å². The molecule has 0 amide bonds. The summed E-state index contributed by atoms with van der Waals surface area (Å²) in [5.74, 6) is 0. The Morgan fingerprint density at radius 2 is 1.93 bits per heavy atom. The third kappa shape index (κ3) is 3.70. The van der Waals surface area contributed by atoms with E-state index in [1.54, 1.807) is 0 Å². The van der Waals surface area contributed by atoms with Crippen LogP contribution in [0.2, 0.25) is 5.02 Å². The van der Waals surface area contributed by atoms with Crippen LogP contribution in [0.25, 0.3) is 6.08 Å². The molecule has 0 nitrogen and oxygen atoms in total. The van der Waals surface area contributed by atoms with Gasteiger partial charge in [0.2, 0.25) is 0 Å². The normalized spacial score (nSPS) is 13.1. The molecule has 0 aliphatic heterocycles. The van der Waals surface area contributed by atoms with E-state index in [1.807, 2.05) is 0 Å². The van der Waals surface area contributed by atoms with Gasteiger partial charge in [0.15, 0.2) is 0 Å². The standard InChI is InChI=1S/C9H4BrCl2F3/c10-7-4-6(11)2-1-5(7)3-8(12)9(13,14)15/h1-4H. The van der Waals surface area contributed by atoms with Crippen molar-refractivity contribution in [3.05, 3.63) is 38.3 Å². The Labute approximate surface area is 103 Å². The van der Waals surface area contributed by atoms with Crippen LogP contribution in [-0.2, 0) is 0 Å². The van der Waals surface area contributed by atoms with Crippen LogP contribution in [0.1, 0.15) is 5.56 Å². The number of alkyl halides is 3. The highest BCUT2D eigenvalue weighted by molar-refractivity contribution is 9.10. The number of benzene rings is 1. The van der Waals surface area contributed by atoms with Crippen LogP contribution in [0, 0.1) is 0 Å². The number of hydrogen-bond acceptors (Lipinski definition) is 0. The summed E-state index contributed by atoms with van der Waals surface area (Å²) >= 11 is 13.8. The first-order valence-corrected chi connectivity index (χ1v) is 5.25. The number of rotatable bonds is 1. The lowest BCUT2D eigenvalue weighted by molar-refractivity contribution is -0.0836. The lowest BCUT2D eigenvalue weighted by atomic mass is 10.2. The first kappa shape index (κ1) is 12.9. The minimum absolute atomic E-state index is 0.321. The van der Waals surface area contributed by atoms with Crippen LogP contribution < -0.4 is 0 Å². The summed E-state index contributed by atoms with van der Waals surface area (Å²) in [6.07, 6.45) is -3.69. The first-order chi connectivity index (χ1) is 6.80. The van der Waals surface area contributed by atoms with Crippen LogP contribution >= 0.6 is 39.1 Å². The summed E-state index contributed by atoms with van der Waals surface area (Å²) in [6.45, 7) is 0. The largest absolute Gasteiger partial charge is 0.426 e. The van der Waals surface area contributed by atoms with Crippen molar-refractivity contribution >= 4 is 45.2 Å². The summed E-state index contributed by atoms with van der Waals surface area (Å²) in [4.78, 5) is 0. The zero-order valence-corrected chi connectivity index (χ0v) is 10.2. The van der Waals surface area contributed by atoms with Crippen molar-refractivity contribution in [2.24, 2.45) is 0 Å². The number of halogens is 6. The second-order valence-electron chi connectivity index (χ2n) is 2.66. The molecule has 0 radical (unpaired) electrons. The second-order valence-corrected chi connectivity index (χ2v) is 4.35. The van der Waals surface area contributed by atoms with E-state index in [4.69, 9.17) is 23.2 Å². The molecule has 0 heterocycles. The molecule has 0 aliphatic carbocycles.